The average Bonchev–Trinajstić information content (AvgIpc) is 1.86. The molecule has 0 aromatic heterocycles. The third-order valence-electron chi connectivity index (χ3n) is 1.16. The molecule has 1 aliphatic heterocycles. The van der Waals surface area contributed by atoms with Gasteiger partial charge in [-0.2, -0.15) is 0 Å². The first kappa shape index (κ1) is 8.44. The van der Waals surface area contributed by atoms with E-state index in [0.717, 1.165) is 19.1 Å². The van der Waals surface area contributed by atoms with E-state index >= 15 is 0 Å². The van der Waals surface area contributed by atoms with Crippen LogP contribution in [0, 0.1) is 5.92 Å². The summed E-state index contributed by atoms with van der Waals surface area (Å²) in [5.74, 6) is 0.824. The number of hydrogen-bond acceptors (Lipinski definition) is 1. The van der Waals surface area contributed by atoms with Crippen molar-refractivity contribution in [1.29, 1.82) is 0 Å². The second-order valence-corrected chi connectivity index (χ2v) is 1.97. The Balaban J connectivity index is 0.000000360. The van der Waals surface area contributed by atoms with E-state index < -0.39 is 0 Å². The maximum atomic E-state index is 5.06. The fourth-order valence-corrected chi connectivity index (χ4v) is 0.652. The van der Waals surface area contributed by atoms with E-state index in [9.17, 15) is 0 Å². The topological polar surface area (TPSA) is 9.23 Å². The van der Waals surface area contributed by atoms with E-state index in [1.165, 1.54) is 6.42 Å². The molecule has 2 heteroatoms. The van der Waals surface area contributed by atoms with Crippen molar-refractivity contribution in [3.05, 3.63) is 0 Å². The summed E-state index contributed by atoms with van der Waals surface area (Å²) < 4.78 is 5.06. The van der Waals surface area contributed by atoms with E-state index in [2.05, 4.69) is 6.92 Å². The Kier molecular flexibility index (Phi) is 5.22. The van der Waals surface area contributed by atoms with Gasteiger partial charge in [0.1, 0.15) is 0 Å². The molecule has 1 atom stereocenters. The predicted octanol–water partition coefficient (Wildman–Crippen LogP) is 0.127. The molecule has 40 valence electrons. The van der Waals surface area contributed by atoms with Gasteiger partial charge in [-0.15, -0.1) is 0 Å². The molecule has 0 radical (unpaired) electrons. The molecule has 1 rings (SSSR count). The van der Waals surface area contributed by atoms with Crippen molar-refractivity contribution in [2.45, 2.75) is 13.3 Å². The van der Waals surface area contributed by atoms with E-state index in [0.29, 0.717) is 0 Å². The molecule has 0 aromatic rings. The van der Waals surface area contributed by atoms with Crippen LogP contribution in [0.15, 0.2) is 0 Å². The van der Waals surface area contributed by atoms with Crippen molar-refractivity contribution < 1.29 is 4.74 Å². The van der Waals surface area contributed by atoms with Gasteiger partial charge in [0.15, 0.2) is 0 Å². The number of rotatable bonds is 0. The van der Waals surface area contributed by atoms with E-state index in [1.807, 2.05) is 0 Å². The first-order chi connectivity index (χ1) is 2.89. The third-order valence-corrected chi connectivity index (χ3v) is 1.16. The molecule has 7 heavy (non-hydrogen) atoms. The van der Waals surface area contributed by atoms with Crippen LogP contribution in [0.3, 0.4) is 0 Å². The predicted molar refractivity (Wildman–Crippen MR) is 33.1 cm³/mol. The van der Waals surface area contributed by atoms with Crippen LogP contribution in [0.1, 0.15) is 13.3 Å². The van der Waals surface area contributed by atoms with Gasteiger partial charge in [0.25, 0.3) is 0 Å². The molecule has 0 amide bonds. The van der Waals surface area contributed by atoms with Crippen molar-refractivity contribution in [2.75, 3.05) is 13.2 Å². The van der Waals surface area contributed by atoms with Crippen LogP contribution in [0.25, 0.3) is 0 Å². The standard InChI is InChI=1S/C5H10O.Sr.2H/c1-5-2-3-6-4-5;;;/h5H,2-4H2,1H3;;;. The molecular weight excluding hydrogens is 164 g/mol. The van der Waals surface area contributed by atoms with Crippen LogP contribution < -0.4 is 0 Å². The molecule has 1 heterocycles. The molecule has 1 unspecified atom stereocenters. The summed E-state index contributed by atoms with van der Waals surface area (Å²) in [7, 11) is 0. The van der Waals surface area contributed by atoms with Gasteiger partial charge in [-0.05, 0) is 12.3 Å². The normalized spacial score (nSPS) is 29.6. The Morgan fingerprint density at radius 2 is 2.29 bits per heavy atom. The summed E-state index contributed by atoms with van der Waals surface area (Å²) in [5, 5.41) is 0. The Bertz CT molecular complexity index is 41.3. The first-order valence-corrected chi connectivity index (χ1v) is 2.47. The van der Waals surface area contributed by atoms with Crippen molar-refractivity contribution in [1.82, 2.24) is 0 Å². The molecule has 0 saturated carbocycles. The molecule has 0 spiro atoms. The summed E-state index contributed by atoms with van der Waals surface area (Å²) in [6.45, 7) is 4.19. The monoisotopic (exact) mass is 176 g/mol. The zero-order valence-electron chi connectivity index (χ0n) is 4.11. The fraction of sp³-hybridized carbons (Fsp3) is 1.00. The van der Waals surface area contributed by atoms with E-state index in [4.69, 9.17) is 4.74 Å². The van der Waals surface area contributed by atoms with Crippen LogP contribution in [0.5, 0.6) is 0 Å². The Hall–Kier alpha value is 1.44. The fourth-order valence-electron chi connectivity index (χ4n) is 0.652. The van der Waals surface area contributed by atoms with Gasteiger partial charge < -0.3 is 4.74 Å². The van der Waals surface area contributed by atoms with Crippen LogP contribution in [0.4, 0.5) is 0 Å². The molecule has 0 aromatic carbocycles. The van der Waals surface area contributed by atoms with Gasteiger partial charge in [-0.1, -0.05) is 6.92 Å². The van der Waals surface area contributed by atoms with Crippen molar-refractivity contribution in [2.24, 2.45) is 5.92 Å². The van der Waals surface area contributed by atoms with Gasteiger partial charge in [0.05, 0.1) is 0 Å². The van der Waals surface area contributed by atoms with Crippen molar-refractivity contribution in [3.63, 3.8) is 0 Å². The maximum absolute atomic E-state index is 5.06. The molecule has 0 aliphatic carbocycles. The quantitative estimate of drug-likeness (QED) is 0.476. The Labute approximate surface area is 81.7 Å². The summed E-state index contributed by atoms with van der Waals surface area (Å²) in [5.41, 5.74) is 0. The summed E-state index contributed by atoms with van der Waals surface area (Å²) in [6, 6.07) is 0. The van der Waals surface area contributed by atoms with Crippen molar-refractivity contribution >= 4 is 45.5 Å². The Morgan fingerprint density at radius 1 is 1.57 bits per heavy atom. The zero-order chi connectivity index (χ0) is 4.41. The zero-order valence-corrected chi connectivity index (χ0v) is 4.11. The van der Waals surface area contributed by atoms with Crippen LogP contribution in [-0.4, -0.2) is 58.7 Å². The van der Waals surface area contributed by atoms with Crippen LogP contribution in [0.2, 0.25) is 0 Å². The van der Waals surface area contributed by atoms with Gasteiger partial charge in [-0.25, -0.2) is 0 Å². The SMILES string of the molecule is CC1CCOC1.[SrH2]. The molecule has 1 fully saturated rings. The van der Waals surface area contributed by atoms with Gasteiger partial charge in [0, 0.05) is 13.2 Å². The minimum atomic E-state index is 0. The molecule has 1 nitrogen and oxygen atoms in total. The molecule has 0 bridgehead atoms. The van der Waals surface area contributed by atoms with Crippen molar-refractivity contribution in [3.8, 4) is 0 Å². The summed E-state index contributed by atoms with van der Waals surface area (Å²) in [4.78, 5) is 0. The van der Waals surface area contributed by atoms with Crippen LogP contribution in [-0.2, 0) is 4.74 Å². The van der Waals surface area contributed by atoms with Gasteiger partial charge >= 0.3 is 45.5 Å². The first-order valence-electron chi connectivity index (χ1n) is 2.47. The Morgan fingerprint density at radius 3 is 2.43 bits per heavy atom. The minimum absolute atomic E-state index is 0. The molecule has 1 aliphatic rings. The van der Waals surface area contributed by atoms with E-state index in [-0.39, 0.29) is 45.5 Å². The second kappa shape index (κ2) is 4.33. The van der Waals surface area contributed by atoms with E-state index in [1.54, 1.807) is 0 Å². The van der Waals surface area contributed by atoms with Gasteiger partial charge in [-0.3, -0.25) is 0 Å². The van der Waals surface area contributed by atoms with Gasteiger partial charge in [0.2, 0.25) is 0 Å². The average molecular weight is 176 g/mol. The summed E-state index contributed by atoms with van der Waals surface area (Å²) >= 11 is 0. The molecule has 1 saturated heterocycles. The summed E-state index contributed by atoms with van der Waals surface area (Å²) in [6.07, 6.45) is 1.26. The number of hydrogen-bond donors (Lipinski definition) is 0. The molecular formula is C5H12OSr. The van der Waals surface area contributed by atoms with Crippen LogP contribution >= 0.6 is 0 Å². The second-order valence-electron chi connectivity index (χ2n) is 1.97. The molecule has 0 N–H and O–H groups in total. The number of ether oxygens (including phenoxy) is 1. The third kappa shape index (κ3) is 3.09.